The molecule has 0 saturated heterocycles. The van der Waals surface area contributed by atoms with E-state index in [0.717, 1.165) is 96.3 Å². The minimum Gasteiger partial charge on any atom is -0.462 e. The molecule has 11 nitrogen and oxygen atoms in total. The zero-order valence-corrected chi connectivity index (χ0v) is 53.8. The summed E-state index contributed by atoms with van der Waals surface area (Å²) in [5, 5.41) is 9.88. The molecular formula is C70H125O11P. The van der Waals surface area contributed by atoms with Crippen molar-refractivity contribution in [2.24, 2.45) is 0 Å². The number of rotatable bonds is 63. The molecule has 0 amide bonds. The van der Waals surface area contributed by atoms with Crippen molar-refractivity contribution in [3.05, 3.63) is 72.9 Å². The molecule has 0 spiro atoms. The molecule has 0 bridgehead atoms. The molecule has 0 aliphatic heterocycles. The van der Waals surface area contributed by atoms with Crippen LogP contribution in [0.4, 0.5) is 0 Å². The van der Waals surface area contributed by atoms with Crippen LogP contribution in [-0.2, 0) is 42.2 Å². The minimum absolute atomic E-state index is 0.127. The van der Waals surface area contributed by atoms with E-state index in [1.54, 1.807) is 0 Å². The summed E-state index contributed by atoms with van der Waals surface area (Å²) in [6.45, 7) is 4.55. The van der Waals surface area contributed by atoms with E-state index in [4.69, 9.17) is 23.3 Å². The van der Waals surface area contributed by atoms with Crippen LogP contribution in [0.1, 0.15) is 316 Å². The zero-order chi connectivity index (χ0) is 59.8. The fraction of sp³-hybridized carbons (Fsp3) is 0.786. The molecule has 0 rings (SSSR count). The van der Waals surface area contributed by atoms with Crippen molar-refractivity contribution in [3.63, 3.8) is 0 Å². The normalized spacial score (nSPS) is 13.7. The van der Waals surface area contributed by atoms with Gasteiger partial charge in [-0.15, -0.1) is 0 Å². The summed E-state index contributed by atoms with van der Waals surface area (Å²) in [7, 11) is -4.77. The first-order valence-corrected chi connectivity index (χ1v) is 35.3. The van der Waals surface area contributed by atoms with Crippen LogP contribution in [0.15, 0.2) is 72.9 Å². The summed E-state index contributed by atoms with van der Waals surface area (Å²) in [6.07, 6.45) is 74.2. The molecule has 0 heterocycles. The fourth-order valence-corrected chi connectivity index (χ4v) is 10.3. The molecule has 2 N–H and O–H groups in total. The molecule has 0 fully saturated rings. The van der Waals surface area contributed by atoms with Crippen molar-refractivity contribution in [1.29, 1.82) is 0 Å². The van der Waals surface area contributed by atoms with E-state index in [0.29, 0.717) is 19.3 Å². The number of unbranched alkanes of at least 4 members (excludes halogenated alkanes) is 34. The molecule has 82 heavy (non-hydrogen) atoms. The van der Waals surface area contributed by atoms with Crippen LogP contribution in [0.25, 0.3) is 0 Å². The highest BCUT2D eigenvalue weighted by molar-refractivity contribution is 7.47. The molecule has 3 atom stereocenters. The van der Waals surface area contributed by atoms with Crippen molar-refractivity contribution < 1.29 is 52.2 Å². The Morgan fingerprint density at radius 1 is 0.354 bits per heavy atom. The predicted octanol–water partition coefficient (Wildman–Crippen LogP) is 20.8. The third kappa shape index (κ3) is 61.5. The number of aliphatic hydroxyl groups is 1. The van der Waals surface area contributed by atoms with Crippen LogP contribution in [0.3, 0.4) is 0 Å². The summed E-state index contributed by atoms with van der Waals surface area (Å²) in [6, 6.07) is 0. The van der Waals surface area contributed by atoms with Gasteiger partial charge in [-0.1, -0.05) is 280 Å². The van der Waals surface area contributed by atoms with Crippen LogP contribution in [0.2, 0.25) is 0 Å². The van der Waals surface area contributed by atoms with Gasteiger partial charge in [0.1, 0.15) is 12.7 Å². The molecule has 3 unspecified atom stereocenters. The Hall–Kier alpha value is -3.08. The molecule has 0 aliphatic carbocycles. The maximum atomic E-state index is 13.0. The van der Waals surface area contributed by atoms with E-state index in [1.165, 1.54) is 161 Å². The van der Waals surface area contributed by atoms with Crippen LogP contribution in [0, 0.1) is 0 Å². The number of carbonyl (C=O) groups is 3. The van der Waals surface area contributed by atoms with Gasteiger partial charge in [-0.25, -0.2) is 4.57 Å². The zero-order valence-electron chi connectivity index (χ0n) is 53.0. The standard InChI is InChI=1S/C70H125O11P/c1-4-7-10-13-16-19-22-25-28-31-33-36-39-42-45-48-51-54-57-60-69(73)80-66(62-71)64-78-82(75,76)79-65-67(63-77-68(72)59-56-53-50-47-44-41-38-35-30-27-24-21-18-15-12-9-6-3)81-70(74)61-58-55-52-49-46-43-40-37-34-32-29-26-23-20-17-14-11-8-5-2/h8,11,17,20,26-27,29-30,34,37,43,46,66-67,71H,4-7,9-10,12-16,18-19,21-25,28,31-33,35-36,38-42,44-45,47-65H2,1-3H3,(H,75,76)/b11-8-,20-17-,29-26-,30-27-,37-34-,46-43-. The first-order valence-electron chi connectivity index (χ1n) is 33.8. The van der Waals surface area contributed by atoms with Crippen molar-refractivity contribution in [3.8, 4) is 0 Å². The lowest BCUT2D eigenvalue weighted by Crippen LogP contribution is -2.30. The molecule has 0 radical (unpaired) electrons. The summed E-state index contributed by atoms with van der Waals surface area (Å²) in [5.74, 6) is -1.49. The van der Waals surface area contributed by atoms with Gasteiger partial charge in [0.15, 0.2) is 6.10 Å². The highest BCUT2D eigenvalue weighted by Crippen LogP contribution is 2.43. The van der Waals surface area contributed by atoms with Crippen molar-refractivity contribution in [1.82, 2.24) is 0 Å². The molecule has 12 heteroatoms. The molecule has 0 aliphatic rings. The number of phosphoric acid groups is 1. The lowest BCUT2D eigenvalue weighted by molar-refractivity contribution is -0.161. The topological polar surface area (TPSA) is 155 Å². The maximum Gasteiger partial charge on any atom is 0.472 e. The number of allylic oxidation sites excluding steroid dienone is 12. The highest BCUT2D eigenvalue weighted by Gasteiger charge is 2.28. The Morgan fingerprint density at radius 3 is 1.00 bits per heavy atom. The number of hydrogen-bond acceptors (Lipinski definition) is 10. The average Bonchev–Trinajstić information content (AvgIpc) is 3.50. The highest BCUT2D eigenvalue weighted by atomic mass is 31.2. The fourth-order valence-electron chi connectivity index (χ4n) is 9.50. The van der Waals surface area contributed by atoms with Crippen molar-refractivity contribution in [2.75, 3.05) is 26.4 Å². The number of hydrogen-bond donors (Lipinski definition) is 2. The van der Waals surface area contributed by atoms with Gasteiger partial charge in [-0.3, -0.25) is 23.4 Å². The van der Waals surface area contributed by atoms with Gasteiger partial charge in [0.2, 0.25) is 0 Å². The second kappa shape index (κ2) is 63.9. The van der Waals surface area contributed by atoms with E-state index in [1.807, 2.05) is 0 Å². The summed E-state index contributed by atoms with van der Waals surface area (Å²) in [4.78, 5) is 48.8. The number of carbonyl (C=O) groups excluding carboxylic acids is 3. The third-order valence-corrected chi connectivity index (χ3v) is 15.6. The van der Waals surface area contributed by atoms with Gasteiger partial charge in [0.05, 0.1) is 19.8 Å². The van der Waals surface area contributed by atoms with E-state index in [2.05, 4.69) is 93.7 Å². The predicted molar refractivity (Wildman–Crippen MR) is 344 cm³/mol. The Kier molecular flexibility index (Phi) is 61.5. The van der Waals surface area contributed by atoms with Gasteiger partial charge in [-0.05, 0) is 89.9 Å². The summed E-state index contributed by atoms with van der Waals surface area (Å²) in [5.41, 5.74) is 0. The second-order valence-corrected chi connectivity index (χ2v) is 24.1. The number of aliphatic hydroxyl groups excluding tert-OH is 1. The number of ether oxygens (including phenoxy) is 3. The Bertz CT molecular complexity index is 1650. The van der Waals surface area contributed by atoms with E-state index in [-0.39, 0.29) is 25.9 Å². The smallest absolute Gasteiger partial charge is 0.462 e. The third-order valence-electron chi connectivity index (χ3n) is 14.6. The van der Waals surface area contributed by atoms with E-state index < -0.39 is 57.8 Å². The van der Waals surface area contributed by atoms with Crippen molar-refractivity contribution in [2.45, 2.75) is 328 Å². The van der Waals surface area contributed by atoms with Gasteiger partial charge in [0, 0.05) is 19.3 Å². The summed E-state index contributed by atoms with van der Waals surface area (Å²) < 4.78 is 39.7. The summed E-state index contributed by atoms with van der Waals surface area (Å²) >= 11 is 0. The van der Waals surface area contributed by atoms with Crippen LogP contribution in [0.5, 0.6) is 0 Å². The monoisotopic (exact) mass is 1170 g/mol. The van der Waals surface area contributed by atoms with Gasteiger partial charge >= 0.3 is 25.7 Å². The van der Waals surface area contributed by atoms with Gasteiger partial charge in [0.25, 0.3) is 0 Å². The molecular weight excluding hydrogens is 1050 g/mol. The first-order chi connectivity index (χ1) is 40.2. The average molecular weight is 1170 g/mol. The second-order valence-electron chi connectivity index (χ2n) is 22.6. The largest absolute Gasteiger partial charge is 0.472 e. The number of phosphoric ester groups is 1. The van der Waals surface area contributed by atoms with Crippen LogP contribution >= 0.6 is 7.82 Å². The number of esters is 3. The van der Waals surface area contributed by atoms with Gasteiger partial charge in [-0.2, -0.15) is 0 Å². The lowest BCUT2D eigenvalue weighted by atomic mass is 10.0. The Labute approximate surface area is 503 Å². The van der Waals surface area contributed by atoms with E-state index >= 15 is 0 Å². The molecule has 476 valence electrons. The molecule has 0 saturated carbocycles. The van der Waals surface area contributed by atoms with Crippen LogP contribution in [-0.4, -0.2) is 66.5 Å². The van der Waals surface area contributed by atoms with E-state index in [9.17, 15) is 28.9 Å². The first kappa shape index (κ1) is 78.9. The van der Waals surface area contributed by atoms with Crippen molar-refractivity contribution >= 4 is 25.7 Å². The molecule has 0 aromatic heterocycles. The quantitative estimate of drug-likeness (QED) is 0.0197. The Balaban J connectivity index is 4.71. The Morgan fingerprint density at radius 2 is 0.634 bits per heavy atom. The van der Waals surface area contributed by atoms with Crippen LogP contribution < -0.4 is 0 Å². The molecule has 0 aromatic carbocycles. The minimum atomic E-state index is -4.77. The maximum absolute atomic E-state index is 13.0. The molecule has 0 aromatic rings. The lowest BCUT2D eigenvalue weighted by Gasteiger charge is -2.21. The SMILES string of the molecule is CC/C=C\C/C=C\C/C=C\C/C=C\C/C=C\CCCCCC(=O)OC(COC(=O)CCCCCCCCC/C=C\CCCCCCCC)COP(=O)(O)OCC(CO)OC(=O)CCCCCCCCCCCCCCCCCCCCC. The van der Waals surface area contributed by atoms with Gasteiger partial charge < -0.3 is 24.2 Å².